The zero-order chi connectivity index (χ0) is 22.7. The minimum absolute atomic E-state index is 0. The van der Waals surface area contributed by atoms with Crippen LogP contribution < -0.4 is 16.0 Å². The quantitative estimate of drug-likeness (QED) is 0.196. The van der Waals surface area contributed by atoms with E-state index in [-0.39, 0.29) is 30.1 Å². The third-order valence-corrected chi connectivity index (χ3v) is 4.72. The number of carbonyl (C=O) groups is 1. The summed E-state index contributed by atoms with van der Waals surface area (Å²) in [7, 11) is 1.75. The maximum atomic E-state index is 11.6. The molecular weight excluding hydrogens is 521 g/mol. The SMILES string of the molecule is CN=C(NCCCNC(=O)OC(C)(C)C)NCc1cccc(CN2CCOC(C)C2)c1.I. The molecule has 1 atom stereocenters. The summed E-state index contributed by atoms with van der Waals surface area (Å²) >= 11 is 0. The zero-order valence-corrected chi connectivity index (χ0v) is 22.4. The van der Waals surface area contributed by atoms with E-state index in [0.717, 1.165) is 38.6 Å². The van der Waals surface area contributed by atoms with Crippen LogP contribution in [0.25, 0.3) is 0 Å². The van der Waals surface area contributed by atoms with E-state index in [9.17, 15) is 4.79 Å². The number of rotatable bonds is 8. The fourth-order valence-electron chi connectivity index (χ4n) is 3.34. The van der Waals surface area contributed by atoms with Gasteiger partial charge in [-0.15, -0.1) is 24.0 Å². The van der Waals surface area contributed by atoms with E-state index in [2.05, 4.69) is 57.0 Å². The molecule has 0 aromatic heterocycles. The number of alkyl carbamates (subject to hydrolysis) is 1. The Hall–Kier alpha value is -1.59. The van der Waals surface area contributed by atoms with Crippen molar-refractivity contribution in [2.75, 3.05) is 39.8 Å². The van der Waals surface area contributed by atoms with Crippen LogP contribution in [0.4, 0.5) is 4.79 Å². The molecule has 2 rings (SSSR count). The average molecular weight is 562 g/mol. The van der Waals surface area contributed by atoms with E-state index in [1.165, 1.54) is 11.1 Å². The second-order valence-corrected chi connectivity index (χ2v) is 8.87. The van der Waals surface area contributed by atoms with E-state index in [0.29, 0.717) is 25.7 Å². The predicted molar refractivity (Wildman–Crippen MR) is 140 cm³/mol. The van der Waals surface area contributed by atoms with Gasteiger partial charge in [0.2, 0.25) is 0 Å². The van der Waals surface area contributed by atoms with Gasteiger partial charge in [-0.05, 0) is 45.2 Å². The van der Waals surface area contributed by atoms with Gasteiger partial charge in [0.05, 0.1) is 12.7 Å². The molecule has 1 aliphatic heterocycles. The number of amides is 1. The smallest absolute Gasteiger partial charge is 0.407 e. The topological polar surface area (TPSA) is 87.2 Å². The van der Waals surface area contributed by atoms with Crippen LogP contribution in [0.3, 0.4) is 0 Å². The molecule has 1 heterocycles. The summed E-state index contributed by atoms with van der Waals surface area (Å²) in [5.74, 6) is 0.740. The van der Waals surface area contributed by atoms with Crippen LogP contribution >= 0.6 is 24.0 Å². The number of nitrogens with zero attached hydrogens (tertiary/aromatic N) is 2. The Morgan fingerprint density at radius 1 is 1.22 bits per heavy atom. The molecule has 0 radical (unpaired) electrons. The van der Waals surface area contributed by atoms with Gasteiger partial charge in [0, 0.05) is 46.3 Å². The molecule has 1 amide bonds. The van der Waals surface area contributed by atoms with Crippen LogP contribution in [0, 0.1) is 0 Å². The molecule has 0 bridgehead atoms. The molecule has 1 saturated heterocycles. The third-order valence-electron chi connectivity index (χ3n) is 4.72. The Balaban J connectivity index is 0.00000512. The standard InChI is InChI=1S/C23H39N5O3.HI/c1-18-16-28(12-13-30-18)17-20-9-6-8-19(14-20)15-27-21(24-5)25-10-7-11-26-22(29)31-23(2,3)4;/h6,8-9,14,18H,7,10-13,15-17H2,1-5H3,(H,26,29)(H2,24,25,27);1H. The summed E-state index contributed by atoms with van der Waals surface area (Å²) in [5, 5.41) is 9.38. The lowest BCUT2D eigenvalue weighted by molar-refractivity contribution is -0.0212. The van der Waals surface area contributed by atoms with Crippen LogP contribution in [0.5, 0.6) is 0 Å². The van der Waals surface area contributed by atoms with Gasteiger partial charge in [0.1, 0.15) is 5.60 Å². The second-order valence-electron chi connectivity index (χ2n) is 8.87. The lowest BCUT2D eigenvalue weighted by Gasteiger charge is -2.31. The summed E-state index contributed by atoms with van der Waals surface area (Å²) in [6, 6.07) is 8.64. The molecule has 9 heteroatoms. The van der Waals surface area contributed by atoms with Crippen molar-refractivity contribution in [3.63, 3.8) is 0 Å². The first-order valence-corrected chi connectivity index (χ1v) is 11.1. The number of hydrogen-bond donors (Lipinski definition) is 3. The van der Waals surface area contributed by atoms with E-state index in [4.69, 9.17) is 9.47 Å². The van der Waals surface area contributed by atoms with Crippen molar-refractivity contribution in [3.05, 3.63) is 35.4 Å². The van der Waals surface area contributed by atoms with E-state index < -0.39 is 5.60 Å². The molecule has 32 heavy (non-hydrogen) atoms. The van der Waals surface area contributed by atoms with E-state index >= 15 is 0 Å². The molecule has 1 unspecified atom stereocenters. The number of morpholine rings is 1. The molecule has 0 spiro atoms. The highest BCUT2D eigenvalue weighted by Gasteiger charge is 2.17. The number of benzene rings is 1. The molecule has 1 aromatic rings. The summed E-state index contributed by atoms with van der Waals surface area (Å²) in [6.45, 7) is 13.3. The number of nitrogens with one attached hydrogen (secondary N) is 3. The first-order chi connectivity index (χ1) is 14.7. The predicted octanol–water partition coefficient (Wildman–Crippen LogP) is 3.11. The molecule has 0 aliphatic carbocycles. The van der Waals surface area contributed by atoms with Crippen LogP contribution in [0.2, 0.25) is 0 Å². The Kier molecular flexibility index (Phi) is 12.9. The summed E-state index contributed by atoms with van der Waals surface area (Å²) in [4.78, 5) is 18.3. The Morgan fingerprint density at radius 3 is 2.62 bits per heavy atom. The minimum atomic E-state index is -0.480. The minimum Gasteiger partial charge on any atom is -0.444 e. The number of guanidine groups is 1. The molecular formula is C23H40IN5O3. The van der Waals surface area contributed by atoms with Crippen molar-refractivity contribution < 1.29 is 14.3 Å². The highest BCUT2D eigenvalue weighted by atomic mass is 127. The van der Waals surface area contributed by atoms with Gasteiger partial charge in [-0.2, -0.15) is 0 Å². The number of ether oxygens (including phenoxy) is 2. The van der Waals surface area contributed by atoms with Crippen LogP contribution in [-0.4, -0.2) is 68.5 Å². The average Bonchev–Trinajstić information content (AvgIpc) is 2.69. The number of halogens is 1. The van der Waals surface area contributed by atoms with Crippen LogP contribution in [0.1, 0.15) is 45.2 Å². The Labute approximate surface area is 209 Å². The highest BCUT2D eigenvalue weighted by molar-refractivity contribution is 14.0. The largest absolute Gasteiger partial charge is 0.444 e. The normalized spacial score (nSPS) is 17.3. The maximum absolute atomic E-state index is 11.6. The fourth-order valence-corrected chi connectivity index (χ4v) is 3.34. The molecule has 182 valence electrons. The lowest BCUT2D eigenvalue weighted by Crippen LogP contribution is -2.40. The third kappa shape index (κ3) is 11.9. The Morgan fingerprint density at radius 2 is 1.94 bits per heavy atom. The fraction of sp³-hybridized carbons (Fsp3) is 0.652. The molecule has 1 aliphatic rings. The maximum Gasteiger partial charge on any atom is 0.407 e. The number of aliphatic imine (C=N–C) groups is 1. The van der Waals surface area contributed by atoms with Crippen molar-refractivity contribution >= 4 is 36.0 Å². The van der Waals surface area contributed by atoms with Gasteiger partial charge < -0.3 is 25.4 Å². The van der Waals surface area contributed by atoms with Crippen molar-refractivity contribution in [3.8, 4) is 0 Å². The van der Waals surface area contributed by atoms with Gasteiger partial charge in [0.25, 0.3) is 0 Å². The molecule has 8 nitrogen and oxygen atoms in total. The monoisotopic (exact) mass is 561 g/mol. The van der Waals surface area contributed by atoms with Crippen LogP contribution in [-0.2, 0) is 22.6 Å². The van der Waals surface area contributed by atoms with Crippen molar-refractivity contribution in [1.82, 2.24) is 20.9 Å². The highest BCUT2D eigenvalue weighted by Crippen LogP contribution is 2.12. The molecule has 1 fully saturated rings. The summed E-state index contributed by atoms with van der Waals surface area (Å²) < 4.78 is 10.8. The Bertz CT molecular complexity index is 724. The lowest BCUT2D eigenvalue weighted by atomic mass is 10.1. The van der Waals surface area contributed by atoms with E-state index in [1.54, 1.807) is 7.05 Å². The zero-order valence-electron chi connectivity index (χ0n) is 20.1. The summed E-state index contributed by atoms with van der Waals surface area (Å²) in [5.41, 5.74) is 2.05. The summed E-state index contributed by atoms with van der Waals surface area (Å²) in [6.07, 6.45) is 0.682. The van der Waals surface area contributed by atoms with Gasteiger partial charge >= 0.3 is 6.09 Å². The second kappa shape index (κ2) is 14.5. The van der Waals surface area contributed by atoms with Crippen molar-refractivity contribution in [1.29, 1.82) is 0 Å². The van der Waals surface area contributed by atoms with E-state index in [1.807, 2.05) is 20.8 Å². The molecule has 3 N–H and O–H groups in total. The van der Waals surface area contributed by atoms with Crippen LogP contribution in [0.15, 0.2) is 29.3 Å². The van der Waals surface area contributed by atoms with Crippen molar-refractivity contribution in [2.45, 2.75) is 58.9 Å². The van der Waals surface area contributed by atoms with Gasteiger partial charge in [-0.3, -0.25) is 9.89 Å². The number of hydrogen-bond acceptors (Lipinski definition) is 5. The molecule has 1 aromatic carbocycles. The van der Waals surface area contributed by atoms with Gasteiger partial charge in [0.15, 0.2) is 5.96 Å². The first kappa shape index (κ1) is 28.4. The van der Waals surface area contributed by atoms with Crippen molar-refractivity contribution in [2.24, 2.45) is 4.99 Å². The van der Waals surface area contributed by atoms with Gasteiger partial charge in [-0.1, -0.05) is 24.3 Å². The first-order valence-electron chi connectivity index (χ1n) is 11.1. The number of carbonyl (C=O) groups excluding carboxylic acids is 1. The van der Waals surface area contributed by atoms with Gasteiger partial charge in [-0.25, -0.2) is 4.79 Å². The molecule has 0 saturated carbocycles.